The summed E-state index contributed by atoms with van der Waals surface area (Å²) in [5, 5.41) is 4.36. The average molecular weight is 296 g/mol. The lowest BCUT2D eigenvalue weighted by molar-refractivity contribution is -0.135. The maximum absolute atomic E-state index is 13.1. The van der Waals surface area contributed by atoms with Gasteiger partial charge in [0.25, 0.3) is 0 Å². The third-order valence-electron chi connectivity index (χ3n) is 5.59. The molecule has 3 nitrogen and oxygen atoms in total. The minimum absolute atomic E-state index is 0.193. The molecule has 3 atom stereocenters. The molecule has 0 aromatic heterocycles. The second-order valence-corrected chi connectivity index (χ2v) is 7.77. The molecule has 0 radical (unpaired) electrons. The van der Waals surface area contributed by atoms with Crippen LogP contribution in [0, 0.1) is 0 Å². The smallest absolute Gasteiger partial charge is 0.244 e. The fraction of sp³-hybridized carbons (Fsp3) is 0.938. The molecule has 1 N–H and O–H groups in total. The van der Waals surface area contributed by atoms with Gasteiger partial charge in [0.05, 0.1) is 11.7 Å². The lowest BCUT2D eigenvalue weighted by Crippen LogP contribution is -2.50. The van der Waals surface area contributed by atoms with Gasteiger partial charge in [0, 0.05) is 11.3 Å². The fourth-order valence-electron chi connectivity index (χ4n) is 4.53. The third-order valence-corrected chi connectivity index (χ3v) is 6.75. The molecule has 3 aliphatic rings. The normalized spacial score (nSPS) is 37.0. The topological polar surface area (TPSA) is 32.3 Å². The number of hydrogen-bond donors (Lipinski definition) is 1. The Morgan fingerprint density at radius 2 is 1.95 bits per heavy atom. The Balaban J connectivity index is 1.84. The molecule has 1 amide bonds. The van der Waals surface area contributed by atoms with E-state index >= 15 is 0 Å². The summed E-state index contributed by atoms with van der Waals surface area (Å²) in [5.74, 6) is 0.424. The van der Waals surface area contributed by atoms with Gasteiger partial charge in [0.2, 0.25) is 5.91 Å². The monoisotopic (exact) mass is 296 g/mol. The van der Waals surface area contributed by atoms with E-state index in [0.717, 1.165) is 19.3 Å². The highest BCUT2D eigenvalue weighted by Crippen LogP contribution is 2.41. The van der Waals surface area contributed by atoms with Gasteiger partial charge in [-0.25, -0.2) is 0 Å². The van der Waals surface area contributed by atoms with Crippen molar-refractivity contribution >= 4 is 17.7 Å². The summed E-state index contributed by atoms with van der Waals surface area (Å²) in [6.07, 6.45) is 13.1. The van der Waals surface area contributed by atoms with Crippen LogP contribution in [0.2, 0.25) is 0 Å². The van der Waals surface area contributed by atoms with Crippen molar-refractivity contribution in [1.82, 2.24) is 10.2 Å². The Morgan fingerprint density at radius 1 is 1.25 bits per heavy atom. The average Bonchev–Trinajstić information content (AvgIpc) is 3.06. The summed E-state index contributed by atoms with van der Waals surface area (Å²) in [4.78, 5) is 15.4. The van der Waals surface area contributed by atoms with Crippen molar-refractivity contribution in [2.24, 2.45) is 0 Å². The van der Waals surface area contributed by atoms with Crippen LogP contribution in [0.5, 0.6) is 0 Å². The molecule has 0 aromatic carbocycles. The van der Waals surface area contributed by atoms with Crippen LogP contribution in [-0.4, -0.2) is 40.1 Å². The lowest BCUT2D eigenvalue weighted by atomic mass is 9.91. The summed E-state index contributed by atoms with van der Waals surface area (Å²) in [6.45, 7) is 2.21. The molecule has 114 valence electrons. The molecule has 2 saturated carbocycles. The summed E-state index contributed by atoms with van der Waals surface area (Å²) in [6, 6.07) is 0.462. The second-order valence-electron chi connectivity index (χ2n) is 6.70. The molecule has 1 saturated heterocycles. The van der Waals surface area contributed by atoms with Gasteiger partial charge in [-0.2, -0.15) is 11.8 Å². The number of carbonyl (C=O) groups is 1. The lowest BCUT2D eigenvalue weighted by Gasteiger charge is -2.40. The first-order valence-electron chi connectivity index (χ1n) is 8.35. The molecule has 4 heteroatoms. The van der Waals surface area contributed by atoms with Crippen molar-refractivity contribution < 1.29 is 4.79 Å². The van der Waals surface area contributed by atoms with Crippen LogP contribution in [0.1, 0.15) is 64.7 Å². The van der Waals surface area contributed by atoms with Gasteiger partial charge in [0.15, 0.2) is 0 Å². The highest BCUT2D eigenvalue weighted by molar-refractivity contribution is 7.99. The van der Waals surface area contributed by atoms with Crippen LogP contribution in [0.3, 0.4) is 0 Å². The largest absolute Gasteiger partial charge is 0.321 e. The van der Waals surface area contributed by atoms with Crippen molar-refractivity contribution in [3.63, 3.8) is 0 Å². The van der Waals surface area contributed by atoms with E-state index in [-0.39, 0.29) is 11.7 Å². The Morgan fingerprint density at radius 3 is 2.60 bits per heavy atom. The van der Waals surface area contributed by atoms with Crippen molar-refractivity contribution in [2.45, 2.75) is 87.7 Å². The Labute approximate surface area is 127 Å². The molecular weight excluding hydrogens is 268 g/mol. The first-order chi connectivity index (χ1) is 9.72. The van der Waals surface area contributed by atoms with Gasteiger partial charge in [0.1, 0.15) is 0 Å². The van der Waals surface area contributed by atoms with Crippen LogP contribution in [0.15, 0.2) is 0 Å². The number of carbonyl (C=O) groups excluding carboxylic acids is 1. The summed E-state index contributed by atoms with van der Waals surface area (Å²) >= 11 is 1.96. The SMILES string of the molecule is CCC1NC2(CCCC2)C(=O)N1C1CCCCC1SC. The molecule has 2 aliphatic carbocycles. The van der Waals surface area contributed by atoms with E-state index in [1.54, 1.807) is 0 Å². The standard InChI is InChI=1S/C16H28N2OS/c1-3-14-17-16(10-6-7-11-16)15(19)18(14)12-8-4-5-9-13(12)20-2/h12-14,17H,3-11H2,1-2H3. The third kappa shape index (κ3) is 2.29. The van der Waals surface area contributed by atoms with Gasteiger partial charge in [-0.05, 0) is 38.4 Å². The number of nitrogens with zero attached hydrogens (tertiary/aromatic N) is 1. The maximum atomic E-state index is 13.1. The highest BCUT2D eigenvalue weighted by atomic mass is 32.2. The molecule has 0 aromatic rings. The van der Waals surface area contributed by atoms with Crippen LogP contribution >= 0.6 is 11.8 Å². The molecule has 20 heavy (non-hydrogen) atoms. The van der Waals surface area contributed by atoms with Gasteiger partial charge < -0.3 is 4.90 Å². The maximum Gasteiger partial charge on any atom is 0.244 e. The number of hydrogen-bond acceptors (Lipinski definition) is 3. The van der Waals surface area contributed by atoms with Crippen molar-refractivity contribution in [1.29, 1.82) is 0 Å². The van der Waals surface area contributed by atoms with Gasteiger partial charge in [-0.15, -0.1) is 0 Å². The number of nitrogens with one attached hydrogen (secondary N) is 1. The summed E-state index contributed by atoms with van der Waals surface area (Å²) in [7, 11) is 0. The Kier molecular flexibility index (Phi) is 4.32. The summed E-state index contributed by atoms with van der Waals surface area (Å²) < 4.78 is 0. The van der Waals surface area contributed by atoms with Crippen molar-refractivity contribution in [2.75, 3.05) is 6.26 Å². The zero-order valence-corrected chi connectivity index (χ0v) is 13.7. The van der Waals surface area contributed by atoms with Crippen LogP contribution in [-0.2, 0) is 4.79 Å². The van der Waals surface area contributed by atoms with E-state index in [0.29, 0.717) is 17.2 Å². The van der Waals surface area contributed by atoms with Gasteiger partial charge >= 0.3 is 0 Å². The molecule has 3 unspecified atom stereocenters. The Bertz CT molecular complexity index is 367. The quantitative estimate of drug-likeness (QED) is 0.868. The zero-order chi connectivity index (χ0) is 14.2. The van der Waals surface area contributed by atoms with E-state index in [1.807, 2.05) is 11.8 Å². The van der Waals surface area contributed by atoms with Crippen molar-refractivity contribution in [3.05, 3.63) is 0 Å². The molecule has 1 spiro atoms. The molecule has 3 rings (SSSR count). The van der Waals surface area contributed by atoms with E-state index < -0.39 is 0 Å². The predicted octanol–water partition coefficient (Wildman–Crippen LogP) is 3.14. The zero-order valence-electron chi connectivity index (χ0n) is 12.9. The van der Waals surface area contributed by atoms with E-state index in [2.05, 4.69) is 23.4 Å². The molecular formula is C16H28N2OS. The number of thioether (sulfide) groups is 1. The van der Waals surface area contributed by atoms with Gasteiger partial charge in [-0.3, -0.25) is 10.1 Å². The van der Waals surface area contributed by atoms with Crippen LogP contribution < -0.4 is 5.32 Å². The fourth-order valence-corrected chi connectivity index (χ4v) is 5.51. The molecule has 3 fully saturated rings. The minimum Gasteiger partial charge on any atom is -0.321 e. The first kappa shape index (κ1) is 14.7. The molecule has 1 aliphatic heterocycles. The first-order valence-corrected chi connectivity index (χ1v) is 9.64. The van der Waals surface area contributed by atoms with Gasteiger partial charge in [-0.1, -0.05) is 32.6 Å². The molecule has 1 heterocycles. The summed E-state index contributed by atoms with van der Waals surface area (Å²) in [5.41, 5.74) is -0.193. The number of rotatable bonds is 3. The minimum atomic E-state index is -0.193. The number of amides is 1. The van der Waals surface area contributed by atoms with Crippen LogP contribution in [0.25, 0.3) is 0 Å². The van der Waals surface area contributed by atoms with E-state index in [1.165, 1.54) is 38.5 Å². The molecule has 0 bridgehead atoms. The predicted molar refractivity (Wildman–Crippen MR) is 84.8 cm³/mol. The Hall–Kier alpha value is -0.220. The van der Waals surface area contributed by atoms with Crippen LogP contribution in [0.4, 0.5) is 0 Å². The second kappa shape index (κ2) is 5.88. The highest BCUT2D eigenvalue weighted by Gasteiger charge is 2.54. The van der Waals surface area contributed by atoms with E-state index in [9.17, 15) is 4.79 Å². The van der Waals surface area contributed by atoms with E-state index in [4.69, 9.17) is 0 Å². The van der Waals surface area contributed by atoms with Crippen molar-refractivity contribution in [3.8, 4) is 0 Å².